The normalized spacial score (nSPS) is 12.9. The van der Waals surface area contributed by atoms with Crippen LogP contribution in [0.5, 0.6) is 11.5 Å². The fraction of sp³-hybridized carbons (Fsp3) is 0.271. The Kier molecular flexibility index (Phi) is 9.66. The Hall–Kier alpha value is -6.79. The van der Waals surface area contributed by atoms with Crippen molar-refractivity contribution in [2.45, 2.75) is 105 Å². The van der Waals surface area contributed by atoms with Crippen molar-refractivity contribution in [2.24, 2.45) is 0 Å². The number of imidazole rings is 1. The molecule has 0 spiro atoms. The van der Waals surface area contributed by atoms with Crippen LogP contribution in [0.2, 0.25) is 0 Å². The molecule has 0 aliphatic heterocycles. The van der Waals surface area contributed by atoms with Gasteiger partial charge in [-0.25, -0.2) is 15.0 Å². The molecule has 5 aromatic heterocycles. The summed E-state index contributed by atoms with van der Waals surface area (Å²) in [5.74, 6) is 2.33. The largest absolute Gasteiger partial charge is 0.457 e. The Morgan fingerprint density at radius 3 is 1.57 bits per heavy atom. The summed E-state index contributed by atoms with van der Waals surface area (Å²) < 4.78 is 11.4. The number of ether oxygens (including phenoxy) is 1. The van der Waals surface area contributed by atoms with Crippen LogP contribution in [0.25, 0.3) is 77.6 Å². The molecule has 0 amide bonds. The van der Waals surface area contributed by atoms with Gasteiger partial charge in [-0.15, -0.1) is 0 Å². The van der Waals surface area contributed by atoms with Gasteiger partial charge < -0.3 is 4.74 Å². The minimum atomic E-state index is -0.0868. The molecule has 5 aromatic carbocycles. The molecule has 0 saturated heterocycles. The molecule has 10 rings (SSSR count). The van der Waals surface area contributed by atoms with Gasteiger partial charge in [0.15, 0.2) is 0 Å². The molecular weight excluding hydrogens is 795 g/mol. The minimum Gasteiger partial charge on any atom is -0.457 e. The van der Waals surface area contributed by atoms with Crippen molar-refractivity contribution in [3.05, 3.63) is 162 Å². The summed E-state index contributed by atoms with van der Waals surface area (Å²) in [7, 11) is 0. The Balaban J connectivity index is 1.26. The van der Waals surface area contributed by atoms with E-state index >= 15 is 0 Å². The first kappa shape index (κ1) is 42.2. The van der Waals surface area contributed by atoms with Crippen molar-refractivity contribution >= 4 is 49.3 Å². The lowest BCUT2D eigenvalue weighted by Crippen LogP contribution is -2.17. The first-order chi connectivity index (χ1) is 30.7. The second-order valence-electron chi connectivity index (χ2n) is 22.0. The van der Waals surface area contributed by atoms with Crippen LogP contribution >= 0.6 is 0 Å². The number of aromatic nitrogens is 5. The monoisotopic (exact) mass is 853 g/mol. The maximum Gasteiger partial charge on any atom is 0.147 e. The van der Waals surface area contributed by atoms with Crippen LogP contribution in [0.1, 0.15) is 105 Å². The number of hydrogen-bond donors (Lipinski definition) is 0. The smallest absolute Gasteiger partial charge is 0.147 e. The Morgan fingerprint density at radius 2 is 0.954 bits per heavy atom. The number of pyridine rings is 3. The van der Waals surface area contributed by atoms with Crippen LogP contribution in [-0.2, 0) is 21.7 Å². The highest BCUT2D eigenvalue weighted by Crippen LogP contribution is 2.44. The molecule has 0 unspecified atom stereocenters. The average Bonchev–Trinajstić information content (AvgIpc) is 3.82. The predicted octanol–water partition coefficient (Wildman–Crippen LogP) is 15.8. The number of rotatable bonds is 5. The summed E-state index contributed by atoms with van der Waals surface area (Å²) >= 11 is 0. The number of para-hydroxylation sites is 1. The number of fused-ring (bicyclic) bond motifs is 9. The third kappa shape index (κ3) is 7.43. The maximum atomic E-state index is 6.88. The molecule has 0 bridgehead atoms. The fourth-order valence-electron chi connectivity index (χ4n) is 9.21. The van der Waals surface area contributed by atoms with Crippen LogP contribution in [-0.4, -0.2) is 23.9 Å². The number of hydrogen-bond acceptors (Lipinski definition) is 4. The van der Waals surface area contributed by atoms with E-state index in [9.17, 15) is 0 Å². The molecule has 0 aliphatic carbocycles. The summed E-state index contributed by atoms with van der Waals surface area (Å²) in [4.78, 5) is 15.7. The topological polar surface area (TPSA) is 57.2 Å². The molecule has 326 valence electrons. The van der Waals surface area contributed by atoms with Crippen LogP contribution in [0.3, 0.4) is 0 Å². The van der Waals surface area contributed by atoms with E-state index in [1.807, 2.05) is 36.7 Å². The van der Waals surface area contributed by atoms with Crippen molar-refractivity contribution in [3.8, 4) is 39.8 Å². The summed E-state index contributed by atoms with van der Waals surface area (Å²) in [6.07, 6.45) is 3.74. The predicted molar refractivity (Wildman–Crippen MR) is 272 cm³/mol. The van der Waals surface area contributed by atoms with E-state index in [1.165, 1.54) is 27.6 Å². The van der Waals surface area contributed by atoms with Gasteiger partial charge in [-0.1, -0.05) is 119 Å². The lowest BCUT2D eigenvalue weighted by molar-refractivity contribution is 0.484. The molecule has 10 aromatic rings. The van der Waals surface area contributed by atoms with E-state index in [-0.39, 0.29) is 21.7 Å². The van der Waals surface area contributed by atoms with Gasteiger partial charge >= 0.3 is 0 Å². The third-order valence-electron chi connectivity index (χ3n) is 13.0. The lowest BCUT2D eigenvalue weighted by atomic mass is 9.78. The Bertz CT molecular complexity index is 3430. The van der Waals surface area contributed by atoms with Crippen molar-refractivity contribution < 1.29 is 4.74 Å². The van der Waals surface area contributed by atoms with Gasteiger partial charge in [-0.2, -0.15) is 0 Å². The zero-order chi connectivity index (χ0) is 45.8. The average molecular weight is 854 g/mol. The van der Waals surface area contributed by atoms with Gasteiger partial charge in [0, 0.05) is 51.1 Å². The molecular formula is C59H59N5O. The van der Waals surface area contributed by atoms with Crippen molar-refractivity contribution in [1.82, 2.24) is 23.9 Å². The molecule has 6 heteroatoms. The minimum absolute atomic E-state index is 0.0803. The maximum absolute atomic E-state index is 6.88. The van der Waals surface area contributed by atoms with Crippen LogP contribution in [0.4, 0.5) is 0 Å². The molecule has 0 radical (unpaired) electrons. The van der Waals surface area contributed by atoms with E-state index in [4.69, 9.17) is 19.7 Å². The van der Waals surface area contributed by atoms with Gasteiger partial charge in [-0.05, 0) is 134 Å². The summed E-state index contributed by atoms with van der Waals surface area (Å²) in [6.45, 7) is 27.6. The zero-order valence-electron chi connectivity index (χ0n) is 39.9. The van der Waals surface area contributed by atoms with Crippen LogP contribution in [0.15, 0.2) is 140 Å². The van der Waals surface area contributed by atoms with Crippen molar-refractivity contribution in [3.63, 3.8) is 0 Å². The third-order valence-corrected chi connectivity index (χ3v) is 13.0. The number of nitrogens with zero attached hydrogens (tertiary/aromatic N) is 5. The van der Waals surface area contributed by atoms with Crippen molar-refractivity contribution in [1.29, 1.82) is 0 Å². The van der Waals surface area contributed by atoms with Crippen LogP contribution < -0.4 is 4.74 Å². The first-order valence-corrected chi connectivity index (χ1v) is 22.9. The van der Waals surface area contributed by atoms with E-state index in [1.54, 1.807) is 0 Å². The highest BCUT2D eigenvalue weighted by Gasteiger charge is 2.29. The molecule has 0 aliphatic rings. The quantitative estimate of drug-likeness (QED) is 0.162. The second-order valence-corrected chi connectivity index (χ2v) is 22.0. The lowest BCUT2D eigenvalue weighted by Gasteiger charge is -2.27. The summed E-state index contributed by atoms with van der Waals surface area (Å²) in [6, 6.07) is 45.8. The van der Waals surface area contributed by atoms with E-state index in [2.05, 4.69) is 195 Å². The Labute approximate surface area is 383 Å². The molecule has 0 fully saturated rings. The van der Waals surface area contributed by atoms with Gasteiger partial charge in [0.2, 0.25) is 0 Å². The first-order valence-electron chi connectivity index (χ1n) is 22.9. The molecule has 0 atom stereocenters. The molecule has 6 nitrogen and oxygen atoms in total. The van der Waals surface area contributed by atoms with Gasteiger partial charge in [0.1, 0.15) is 28.6 Å². The van der Waals surface area contributed by atoms with Gasteiger partial charge in [-0.3, -0.25) is 8.97 Å². The molecule has 0 saturated carbocycles. The molecule has 65 heavy (non-hydrogen) atoms. The fourth-order valence-corrected chi connectivity index (χ4v) is 9.21. The van der Waals surface area contributed by atoms with Gasteiger partial charge in [0.25, 0.3) is 0 Å². The Morgan fingerprint density at radius 1 is 0.415 bits per heavy atom. The summed E-state index contributed by atoms with van der Waals surface area (Å²) in [5, 5.41) is 5.43. The molecule has 0 N–H and O–H groups in total. The van der Waals surface area contributed by atoms with Crippen molar-refractivity contribution in [2.75, 3.05) is 0 Å². The zero-order valence-corrected chi connectivity index (χ0v) is 39.9. The number of benzene rings is 5. The van der Waals surface area contributed by atoms with E-state index in [0.29, 0.717) is 0 Å². The highest BCUT2D eigenvalue weighted by molar-refractivity contribution is 6.13. The summed E-state index contributed by atoms with van der Waals surface area (Å²) in [5.41, 5.74) is 12.8. The highest BCUT2D eigenvalue weighted by atomic mass is 16.5. The molecule has 5 heterocycles. The standard InChI is InChI=1S/C59H59N5O/c1-56(2,3)38-28-36(29-39(32-38)57(4,5)6)52-53(37-30-40(58(7,8)9)33-41(31-37)59(10,11)12)64-54-47(19-17-27-61-54)44-24-22-42(34-48(44)55(64)62-52)65-43-23-25-46-45-18-13-14-20-49(45)63(50(46)35-43)51-21-15-16-26-60-51/h13-35H,1-12H3. The SMILES string of the molecule is CC(C)(C)c1cc(-c2nc3c4cc(Oc5ccc6c7ccccc7n(-c7ccccn7)c6c5)ccc4c4cccnc4n3c2-c2cc(C(C)(C)C)cc(C(C)(C)C)c2)cc(C(C)(C)C)c1. The second kappa shape index (κ2) is 14.9. The van der Waals surface area contributed by atoms with E-state index in [0.717, 1.165) is 83.7 Å². The van der Waals surface area contributed by atoms with Crippen LogP contribution in [0, 0.1) is 0 Å². The van der Waals surface area contributed by atoms with Gasteiger partial charge in [0.05, 0.1) is 22.4 Å². The van der Waals surface area contributed by atoms with E-state index < -0.39 is 0 Å².